The Kier molecular flexibility index (Phi) is 6.44. The van der Waals surface area contributed by atoms with E-state index < -0.39 is 0 Å². The molecule has 25 heavy (non-hydrogen) atoms. The Balaban J connectivity index is 1.55. The molecular weight excluding hydrogens is 352 g/mol. The van der Waals surface area contributed by atoms with Crippen LogP contribution in [0.4, 0.5) is 0 Å². The fraction of sp³-hybridized carbons (Fsp3) is 0.316. The third-order valence-corrected chi connectivity index (χ3v) is 5.90. The van der Waals surface area contributed by atoms with Crippen molar-refractivity contribution in [3.05, 3.63) is 68.4 Å². The number of aryl methyl sites for hydroxylation is 1. The van der Waals surface area contributed by atoms with Gasteiger partial charge in [0, 0.05) is 21.2 Å². The van der Waals surface area contributed by atoms with Crippen LogP contribution in [0.1, 0.15) is 27.3 Å². The lowest BCUT2D eigenvalue weighted by molar-refractivity contribution is -0.122. The zero-order valence-electron chi connectivity index (χ0n) is 14.2. The van der Waals surface area contributed by atoms with Gasteiger partial charge in [-0.15, -0.1) is 22.7 Å². The molecule has 132 valence electrons. The van der Waals surface area contributed by atoms with Crippen molar-refractivity contribution < 1.29 is 9.21 Å². The number of carbonyl (C=O) groups excluding carboxylic acids is 1. The van der Waals surface area contributed by atoms with E-state index in [1.165, 1.54) is 14.6 Å². The highest BCUT2D eigenvalue weighted by molar-refractivity contribution is 7.12. The summed E-state index contributed by atoms with van der Waals surface area (Å²) >= 11 is 3.46. The van der Waals surface area contributed by atoms with E-state index in [2.05, 4.69) is 40.7 Å². The fourth-order valence-electron chi connectivity index (χ4n) is 2.57. The first kappa shape index (κ1) is 17.9. The molecule has 0 atom stereocenters. The van der Waals surface area contributed by atoms with Gasteiger partial charge in [0.1, 0.15) is 5.76 Å². The Morgan fingerprint density at radius 3 is 2.68 bits per heavy atom. The maximum atomic E-state index is 12.4. The number of amides is 1. The summed E-state index contributed by atoms with van der Waals surface area (Å²) in [5.41, 5.74) is 0. The minimum atomic E-state index is 0.0366. The minimum absolute atomic E-state index is 0.0366. The number of furan rings is 1. The van der Waals surface area contributed by atoms with E-state index in [-0.39, 0.29) is 5.91 Å². The Morgan fingerprint density at radius 2 is 2.00 bits per heavy atom. The topological polar surface area (TPSA) is 45.5 Å². The fourth-order valence-corrected chi connectivity index (χ4v) is 4.21. The average molecular weight is 375 g/mol. The number of nitrogens with one attached hydrogen (secondary N) is 1. The first-order valence-corrected chi connectivity index (χ1v) is 10.0. The van der Waals surface area contributed by atoms with Gasteiger partial charge >= 0.3 is 0 Å². The lowest BCUT2D eigenvalue weighted by Gasteiger charge is -2.20. The number of rotatable bonds is 9. The van der Waals surface area contributed by atoms with E-state index >= 15 is 0 Å². The molecule has 0 aliphatic heterocycles. The smallest absolute Gasteiger partial charge is 0.234 e. The predicted molar refractivity (Wildman–Crippen MR) is 103 cm³/mol. The Bertz CT molecular complexity index is 727. The highest BCUT2D eigenvalue weighted by Crippen LogP contribution is 2.17. The van der Waals surface area contributed by atoms with Gasteiger partial charge in [-0.25, -0.2) is 0 Å². The van der Waals surface area contributed by atoms with Crippen molar-refractivity contribution in [2.45, 2.75) is 33.0 Å². The van der Waals surface area contributed by atoms with Crippen LogP contribution in [0, 0.1) is 0 Å². The van der Waals surface area contributed by atoms with Crippen LogP contribution in [0.2, 0.25) is 0 Å². The number of hydrogen-bond donors (Lipinski definition) is 1. The van der Waals surface area contributed by atoms with Gasteiger partial charge in [-0.1, -0.05) is 13.0 Å². The summed E-state index contributed by atoms with van der Waals surface area (Å²) in [4.78, 5) is 18.3. The SMILES string of the molecule is CCc1ccc(CNC(=O)CN(Cc2ccco2)Cc2cccs2)s1. The summed E-state index contributed by atoms with van der Waals surface area (Å²) in [5, 5.41) is 5.09. The third-order valence-electron chi connectivity index (χ3n) is 3.81. The number of carbonyl (C=O) groups is 1. The summed E-state index contributed by atoms with van der Waals surface area (Å²) < 4.78 is 5.44. The second-order valence-electron chi connectivity index (χ2n) is 5.80. The Labute approximate surface area is 156 Å². The van der Waals surface area contributed by atoms with Gasteiger partial charge in [0.15, 0.2) is 0 Å². The molecule has 0 saturated heterocycles. The summed E-state index contributed by atoms with van der Waals surface area (Å²) in [6.45, 7) is 4.45. The van der Waals surface area contributed by atoms with Crippen molar-refractivity contribution in [3.63, 3.8) is 0 Å². The Hall–Kier alpha value is -1.89. The van der Waals surface area contributed by atoms with E-state index in [9.17, 15) is 4.79 Å². The van der Waals surface area contributed by atoms with Gasteiger partial charge in [-0.2, -0.15) is 0 Å². The van der Waals surface area contributed by atoms with E-state index in [1.807, 2.05) is 18.2 Å². The molecule has 1 N–H and O–H groups in total. The molecule has 3 aromatic heterocycles. The molecule has 0 aromatic carbocycles. The molecule has 3 rings (SSSR count). The standard InChI is InChI=1S/C19H22N2O2S2/c1-2-16-7-8-17(25-16)11-20-19(22)14-21(12-15-5-3-9-23-15)13-18-6-4-10-24-18/h3-10H,2,11-14H2,1H3,(H,20,22). The zero-order chi connectivity index (χ0) is 17.5. The molecule has 0 unspecified atom stereocenters. The number of nitrogens with zero attached hydrogens (tertiary/aromatic N) is 1. The first-order chi connectivity index (χ1) is 12.2. The van der Waals surface area contributed by atoms with Gasteiger partial charge in [0.05, 0.1) is 25.9 Å². The summed E-state index contributed by atoms with van der Waals surface area (Å²) in [6, 6.07) is 12.2. The number of thiophene rings is 2. The molecule has 0 radical (unpaired) electrons. The van der Waals surface area contributed by atoms with E-state index in [0.29, 0.717) is 19.6 Å². The first-order valence-electron chi connectivity index (χ1n) is 8.34. The monoisotopic (exact) mass is 374 g/mol. The highest BCUT2D eigenvalue weighted by atomic mass is 32.1. The molecule has 3 aromatic rings. The molecule has 0 spiro atoms. The van der Waals surface area contributed by atoms with Crippen molar-refractivity contribution in [2.75, 3.05) is 6.54 Å². The zero-order valence-corrected chi connectivity index (χ0v) is 15.9. The second-order valence-corrected chi connectivity index (χ2v) is 8.09. The third kappa shape index (κ3) is 5.56. The van der Waals surface area contributed by atoms with Crippen LogP contribution in [0.25, 0.3) is 0 Å². The maximum absolute atomic E-state index is 12.4. The summed E-state index contributed by atoms with van der Waals surface area (Å²) in [7, 11) is 0. The van der Waals surface area contributed by atoms with Crippen molar-refractivity contribution >= 4 is 28.6 Å². The van der Waals surface area contributed by atoms with E-state index in [1.54, 1.807) is 28.9 Å². The van der Waals surface area contributed by atoms with Crippen LogP contribution < -0.4 is 5.32 Å². The van der Waals surface area contributed by atoms with Crippen LogP contribution in [-0.4, -0.2) is 17.4 Å². The Morgan fingerprint density at radius 1 is 1.12 bits per heavy atom. The number of hydrogen-bond acceptors (Lipinski definition) is 5. The van der Waals surface area contributed by atoms with Crippen LogP contribution in [0.15, 0.2) is 52.5 Å². The van der Waals surface area contributed by atoms with Gasteiger partial charge in [0.2, 0.25) is 5.91 Å². The second kappa shape index (κ2) is 8.99. The van der Waals surface area contributed by atoms with Crippen molar-refractivity contribution in [2.24, 2.45) is 0 Å². The van der Waals surface area contributed by atoms with E-state index in [4.69, 9.17) is 4.42 Å². The average Bonchev–Trinajstić information content (AvgIpc) is 3.35. The molecule has 0 saturated carbocycles. The van der Waals surface area contributed by atoms with Crippen LogP contribution in [-0.2, 0) is 30.8 Å². The molecule has 0 aliphatic carbocycles. The van der Waals surface area contributed by atoms with Gasteiger partial charge in [-0.3, -0.25) is 9.69 Å². The summed E-state index contributed by atoms with van der Waals surface area (Å²) in [6.07, 6.45) is 2.71. The molecular formula is C19H22N2O2S2. The molecule has 0 fully saturated rings. The van der Waals surface area contributed by atoms with Crippen LogP contribution in [0.5, 0.6) is 0 Å². The normalized spacial score (nSPS) is 11.1. The van der Waals surface area contributed by atoms with Crippen LogP contribution >= 0.6 is 22.7 Å². The van der Waals surface area contributed by atoms with E-state index in [0.717, 1.165) is 18.7 Å². The molecule has 0 aliphatic rings. The van der Waals surface area contributed by atoms with Gasteiger partial charge in [-0.05, 0) is 42.1 Å². The molecule has 4 nitrogen and oxygen atoms in total. The van der Waals surface area contributed by atoms with Crippen molar-refractivity contribution in [3.8, 4) is 0 Å². The summed E-state index contributed by atoms with van der Waals surface area (Å²) in [5.74, 6) is 0.907. The van der Waals surface area contributed by atoms with Crippen LogP contribution in [0.3, 0.4) is 0 Å². The molecule has 6 heteroatoms. The van der Waals surface area contributed by atoms with Gasteiger partial charge in [0.25, 0.3) is 0 Å². The minimum Gasteiger partial charge on any atom is -0.468 e. The molecule has 3 heterocycles. The van der Waals surface area contributed by atoms with Crippen molar-refractivity contribution in [1.29, 1.82) is 0 Å². The largest absolute Gasteiger partial charge is 0.468 e. The van der Waals surface area contributed by atoms with Gasteiger partial charge < -0.3 is 9.73 Å². The lowest BCUT2D eigenvalue weighted by Crippen LogP contribution is -2.36. The maximum Gasteiger partial charge on any atom is 0.234 e. The van der Waals surface area contributed by atoms with Crippen molar-refractivity contribution in [1.82, 2.24) is 10.2 Å². The predicted octanol–water partition coefficient (Wildman–Crippen LogP) is 4.28. The highest BCUT2D eigenvalue weighted by Gasteiger charge is 2.14. The lowest BCUT2D eigenvalue weighted by atomic mass is 10.3. The molecule has 1 amide bonds. The molecule has 0 bridgehead atoms. The quantitative estimate of drug-likeness (QED) is 0.608.